The number of nitrogens with one attached hydrogen (secondary N) is 1. The van der Waals surface area contributed by atoms with E-state index in [9.17, 15) is 14.4 Å². The minimum atomic E-state index is -0.981. The number of rotatable bonds is 27. The first-order chi connectivity index (χ1) is 17.9. The normalized spacial score (nSPS) is 12.0. The van der Waals surface area contributed by atoms with Crippen LogP contribution >= 0.6 is 0 Å². The summed E-state index contributed by atoms with van der Waals surface area (Å²) in [5.74, 6) is -0.879. The highest BCUT2D eigenvalue weighted by Gasteiger charge is 2.23. The molecule has 6 heteroatoms. The number of unbranched alkanes of at least 4 members (excludes halogenated alkanes) is 16. The second-order valence-electron chi connectivity index (χ2n) is 11.2. The van der Waals surface area contributed by atoms with Crippen LogP contribution < -0.4 is 5.32 Å². The average molecular weight is 526 g/mol. The van der Waals surface area contributed by atoms with Crippen molar-refractivity contribution in [1.29, 1.82) is 0 Å². The minimum Gasteiger partial charge on any atom is -0.481 e. The molecule has 0 aliphatic rings. The van der Waals surface area contributed by atoms with Gasteiger partial charge < -0.3 is 15.2 Å². The maximum absolute atomic E-state index is 12.5. The van der Waals surface area contributed by atoms with E-state index < -0.39 is 18.0 Å². The molecule has 6 nitrogen and oxygen atoms in total. The summed E-state index contributed by atoms with van der Waals surface area (Å²) in [6.45, 7) is 7.11. The monoisotopic (exact) mass is 525 g/mol. The molecule has 0 aromatic carbocycles. The predicted octanol–water partition coefficient (Wildman–Crippen LogP) is 8.36. The van der Waals surface area contributed by atoms with Crippen molar-refractivity contribution < 1.29 is 24.2 Å². The number of hydrogen-bond donors (Lipinski definition) is 2. The molecule has 218 valence electrons. The SMILES string of the molecule is CCCCCCCCCCCC(=O)N[C@@H](CCC(=O)O)C(=O)OCCCCCCCCCCCC(C)C. The summed E-state index contributed by atoms with van der Waals surface area (Å²) in [5, 5.41) is 11.7. The highest BCUT2D eigenvalue weighted by molar-refractivity contribution is 5.84. The summed E-state index contributed by atoms with van der Waals surface area (Å²) in [7, 11) is 0. The van der Waals surface area contributed by atoms with E-state index in [1.165, 1.54) is 83.5 Å². The summed E-state index contributed by atoms with van der Waals surface area (Å²) >= 11 is 0. The Kier molecular flexibility index (Phi) is 24.9. The van der Waals surface area contributed by atoms with Crippen molar-refractivity contribution in [3.63, 3.8) is 0 Å². The standard InChI is InChI=1S/C31H59NO5/c1-4-5-6-7-8-10-14-17-20-23-29(33)32-28(24-25-30(34)35)31(36)37-26-21-18-15-12-9-11-13-16-19-22-27(2)3/h27-28H,4-26H2,1-3H3,(H,32,33)(H,34,35)/t28-/m0/s1. The lowest BCUT2D eigenvalue weighted by atomic mass is 10.0. The van der Waals surface area contributed by atoms with Gasteiger partial charge in [-0.1, -0.05) is 130 Å². The summed E-state index contributed by atoms with van der Waals surface area (Å²) < 4.78 is 5.38. The second kappa shape index (κ2) is 26.0. The zero-order valence-electron chi connectivity index (χ0n) is 24.5. The van der Waals surface area contributed by atoms with Crippen LogP contribution in [0.15, 0.2) is 0 Å². The van der Waals surface area contributed by atoms with E-state index >= 15 is 0 Å². The van der Waals surface area contributed by atoms with E-state index in [2.05, 4.69) is 26.1 Å². The molecule has 0 saturated heterocycles. The van der Waals surface area contributed by atoms with Crippen molar-refractivity contribution in [2.24, 2.45) is 5.92 Å². The molecule has 0 aromatic rings. The van der Waals surface area contributed by atoms with Crippen LogP contribution in [0.3, 0.4) is 0 Å². The largest absolute Gasteiger partial charge is 0.481 e. The number of carboxylic acid groups (broad SMARTS) is 1. The third-order valence-corrected chi connectivity index (χ3v) is 6.94. The molecule has 1 atom stereocenters. The smallest absolute Gasteiger partial charge is 0.328 e. The van der Waals surface area contributed by atoms with E-state index in [-0.39, 0.29) is 18.7 Å². The Balaban J connectivity index is 3.95. The van der Waals surface area contributed by atoms with Gasteiger partial charge in [0.15, 0.2) is 0 Å². The van der Waals surface area contributed by atoms with Crippen LogP contribution in [-0.4, -0.2) is 35.6 Å². The molecule has 0 bridgehead atoms. The van der Waals surface area contributed by atoms with Gasteiger partial charge in [-0.3, -0.25) is 9.59 Å². The van der Waals surface area contributed by atoms with E-state index in [0.29, 0.717) is 13.0 Å². The summed E-state index contributed by atoms with van der Waals surface area (Å²) in [6.07, 6.45) is 22.9. The summed E-state index contributed by atoms with van der Waals surface area (Å²) in [4.78, 5) is 35.8. The number of carboxylic acids is 1. The Labute approximate surface area is 228 Å². The molecule has 1 amide bonds. The molecule has 0 heterocycles. The molecule has 0 aliphatic heterocycles. The van der Waals surface area contributed by atoms with Gasteiger partial charge in [-0.25, -0.2) is 4.79 Å². The predicted molar refractivity (Wildman–Crippen MR) is 153 cm³/mol. The number of esters is 1. The van der Waals surface area contributed by atoms with Crippen molar-refractivity contribution in [2.45, 2.75) is 168 Å². The van der Waals surface area contributed by atoms with E-state index in [1.54, 1.807) is 0 Å². The van der Waals surface area contributed by atoms with Gasteiger partial charge in [-0.15, -0.1) is 0 Å². The van der Waals surface area contributed by atoms with Gasteiger partial charge >= 0.3 is 11.9 Å². The van der Waals surface area contributed by atoms with Crippen molar-refractivity contribution in [3.8, 4) is 0 Å². The maximum atomic E-state index is 12.5. The first-order valence-corrected chi connectivity index (χ1v) is 15.5. The van der Waals surface area contributed by atoms with Crippen LogP contribution in [0.2, 0.25) is 0 Å². The first-order valence-electron chi connectivity index (χ1n) is 15.5. The van der Waals surface area contributed by atoms with E-state index in [1.807, 2.05) is 0 Å². The number of carbonyl (C=O) groups is 3. The average Bonchev–Trinajstić information content (AvgIpc) is 2.85. The van der Waals surface area contributed by atoms with Gasteiger partial charge in [0.05, 0.1) is 6.61 Å². The zero-order chi connectivity index (χ0) is 27.6. The molecule has 0 unspecified atom stereocenters. The first kappa shape index (κ1) is 35.4. The van der Waals surface area contributed by atoms with Crippen molar-refractivity contribution in [3.05, 3.63) is 0 Å². The molecule has 0 aromatic heterocycles. The fourth-order valence-electron chi connectivity index (χ4n) is 4.54. The Morgan fingerprint density at radius 1 is 0.649 bits per heavy atom. The third-order valence-electron chi connectivity index (χ3n) is 6.94. The summed E-state index contributed by atoms with van der Waals surface area (Å²) in [6, 6.07) is -0.877. The molecule has 0 fully saturated rings. The van der Waals surface area contributed by atoms with Gasteiger partial charge in [0, 0.05) is 12.8 Å². The van der Waals surface area contributed by atoms with Crippen LogP contribution in [0.5, 0.6) is 0 Å². The Morgan fingerprint density at radius 2 is 1.14 bits per heavy atom. The molecule has 0 saturated carbocycles. The van der Waals surface area contributed by atoms with Crippen LogP contribution in [0.1, 0.15) is 162 Å². The fourth-order valence-corrected chi connectivity index (χ4v) is 4.54. The van der Waals surface area contributed by atoms with E-state index in [4.69, 9.17) is 9.84 Å². The highest BCUT2D eigenvalue weighted by Crippen LogP contribution is 2.14. The van der Waals surface area contributed by atoms with E-state index in [0.717, 1.165) is 44.4 Å². The molecule has 0 radical (unpaired) electrons. The van der Waals surface area contributed by atoms with Crippen LogP contribution in [0.4, 0.5) is 0 Å². The van der Waals surface area contributed by atoms with Crippen LogP contribution in [-0.2, 0) is 19.1 Å². The van der Waals surface area contributed by atoms with Gasteiger partial charge in [0.25, 0.3) is 0 Å². The maximum Gasteiger partial charge on any atom is 0.328 e. The number of ether oxygens (including phenoxy) is 1. The number of carbonyl (C=O) groups excluding carboxylic acids is 2. The molecular weight excluding hydrogens is 466 g/mol. The molecule has 0 spiro atoms. The molecule has 2 N–H and O–H groups in total. The van der Waals surface area contributed by atoms with Crippen LogP contribution in [0, 0.1) is 5.92 Å². The lowest BCUT2D eigenvalue weighted by Gasteiger charge is -2.17. The van der Waals surface area contributed by atoms with Gasteiger partial charge in [0.1, 0.15) is 6.04 Å². The van der Waals surface area contributed by atoms with Gasteiger partial charge in [0.2, 0.25) is 5.91 Å². The fraction of sp³-hybridized carbons (Fsp3) is 0.903. The molecule has 0 rings (SSSR count). The van der Waals surface area contributed by atoms with Gasteiger partial charge in [-0.2, -0.15) is 0 Å². The minimum absolute atomic E-state index is 0.0643. The quantitative estimate of drug-likeness (QED) is 0.0830. The van der Waals surface area contributed by atoms with Crippen molar-refractivity contribution >= 4 is 17.8 Å². The lowest BCUT2D eigenvalue weighted by molar-refractivity contribution is -0.148. The topological polar surface area (TPSA) is 92.7 Å². The highest BCUT2D eigenvalue weighted by atomic mass is 16.5. The Hall–Kier alpha value is -1.59. The van der Waals surface area contributed by atoms with Crippen molar-refractivity contribution in [2.75, 3.05) is 6.61 Å². The second-order valence-corrected chi connectivity index (χ2v) is 11.2. The number of aliphatic carboxylic acids is 1. The number of amides is 1. The molecule has 0 aliphatic carbocycles. The van der Waals surface area contributed by atoms with Gasteiger partial charge in [-0.05, 0) is 25.2 Å². The van der Waals surface area contributed by atoms with Crippen LogP contribution in [0.25, 0.3) is 0 Å². The lowest BCUT2D eigenvalue weighted by Crippen LogP contribution is -2.42. The Bertz CT molecular complexity index is 564. The Morgan fingerprint density at radius 3 is 1.65 bits per heavy atom. The van der Waals surface area contributed by atoms with Crippen molar-refractivity contribution in [1.82, 2.24) is 5.32 Å². The third kappa shape index (κ3) is 25.8. The summed E-state index contributed by atoms with van der Waals surface area (Å²) in [5.41, 5.74) is 0. The molecule has 37 heavy (non-hydrogen) atoms. The number of hydrogen-bond acceptors (Lipinski definition) is 4. The zero-order valence-corrected chi connectivity index (χ0v) is 24.5. The molecular formula is C31H59NO5.